The van der Waals surface area contributed by atoms with Crippen molar-refractivity contribution >= 4 is 11.9 Å². The molecule has 0 unspecified atom stereocenters. The van der Waals surface area contributed by atoms with E-state index in [0.29, 0.717) is 24.3 Å². The summed E-state index contributed by atoms with van der Waals surface area (Å²) in [5.41, 5.74) is 2.15. The zero-order valence-electron chi connectivity index (χ0n) is 13.1. The molecule has 0 N–H and O–H groups in total. The van der Waals surface area contributed by atoms with Crippen LogP contribution in [-0.4, -0.2) is 25.2 Å². The van der Waals surface area contributed by atoms with E-state index in [2.05, 4.69) is 6.92 Å². The van der Waals surface area contributed by atoms with Crippen molar-refractivity contribution in [2.24, 2.45) is 0 Å². The first-order chi connectivity index (χ1) is 10.1. The number of rotatable bonds is 8. The Kier molecular flexibility index (Phi) is 7.51. The minimum atomic E-state index is -0.358. The largest absolute Gasteiger partial charge is 0.466 e. The standard InChI is InChI=1S/C17H24O4/c1-4-7-9-13-10-8-11-14(12-15(18)20-5-2)16(13)17(19)21-6-3/h8,10-11H,4-7,9,12H2,1-3H3. The summed E-state index contributed by atoms with van der Waals surface area (Å²) in [5.74, 6) is -0.681. The zero-order valence-corrected chi connectivity index (χ0v) is 13.1. The summed E-state index contributed by atoms with van der Waals surface area (Å²) in [4.78, 5) is 23.9. The summed E-state index contributed by atoms with van der Waals surface area (Å²) in [5, 5.41) is 0. The highest BCUT2D eigenvalue weighted by Gasteiger charge is 2.19. The maximum atomic E-state index is 12.2. The molecule has 0 amide bonds. The topological polar surface area (TPSA) is 52.6 Å². The number of hydrogen-bond acceptors (Lipinski definition) is 4. The lowest BCUT2D eigenvalue weighted by atomic mass is 9.95. The number of aryl methyl sites for hydroxylation is 1. The van der Waals surface area contributed by atoms with Crippen LogP contribution in [0.5, 0.6) is 0 Å². The average molecular weight is 292 g/mol. The highest BCUT2D eigenvalue weighted by Crippen LogP contribution is 2.20. The average Bonchev–Trinajstić information content (AvgIpc) is 2.45. The molecule has 1 aromatic carbocycles. The van der Waals surface area contributed by atoms with Gasteiger partial charge in [0.25, 0.3) is 0 Å². The number of carbonyl (C=O) groups is 2. The van der Waals surface area contributed by atoms with Gasteiger partial charge in [0.2, 0.25) is 0 Å². The first-order valence-corrected chi connectivity index (χ1v) is 7.57. The van der Waals surface area contributed by atoms with Crippen molar-refractivity contribution in [2.75, 3.05) is 13.2 Å². The first kappa shape index (κ1) is 17.2. The van der Waals surface area contributed by atoms with E-state index < -0.39 is 0 Å². The van der Waals surface area contributed by atoms with E-state index in [1.807, 2.05) is 12.1 Å². The minimum Gasteiger partial charge on any atom is -0.466 e. The second-order valence-electron chi connectivity index (χ2n) is 4.76. The van der Waals surface area contributed by atoms with Gasteiger partial charge in [-0.3, -0.25) is 4.79 Å². The van der Waals surface area contributed by atoms with E-state index in [9.17, 15) is 9.59 Å². The van der Waals surface area contributed by atoms with Crippen LogP contribution in [0.4, 0.5) is 0 Å². The van der Waals surface area contributed by atoms with Crippen LogP contribution in [0.25, 0.3) is 0 Å². The maximum absolute atomic E-state index is 12.2. The lowest BCUT2D eigenvalue weighted by Crippen LogP contribution is -2.15. The van der Waals surface area contributed by atoms with Crippen LogP contribution in [0.2, 0.25) is 0 Å². The fraction of sp³-hybridized carbons (Fsp3) is 0.529. The molecule has 0 bridgehead atoms. The van der Waals surface area contributed by atoms with E-state index in [-0.39, 0.29) is 18.4 Å². The molecule has 0 aliphatic heterocycles. The quantitative estimate of drug-likeness (QED) is 0.690. The third kappa shape index (κ3) is 5.21. The van der Waals surface area contributed by atoms with Crippen LogP contribution in [-0.2, 0) is 27.1 Å². The van der Waals surface area contributed by atoms with Crippen LogP contribution in [0.1, 0.15) is 55.1 Å². The smallest absolute Gasteiger partial charge is 0.338 e. The summed E-state index contributed by atoms with van der Waals surface area (Å²) in [6.07, 6.45) is 2.95. The normalized spacial score (nSPS) is 10.2. The van der Waals surface area contributed by atoms with Crippen molar-refractivity contribution in [3.8, 4) is 0 Å². The van der Waals surface area contributed by atoms with Gasteiger partial charge in [-0.15, -0.1) is 0 Å². The van der Waals surface area contributed by atoms with E-state index in [0.717, 1.165) is 24.8 Å². The SMILES string of the molecule is CCCCc1cccc(CC(=O)OCC)c1C(=O)OCC. The molecule has 0 radical (unpaired) electrons. The second kappa shape index (κ2) is 9.16. The molecular formula is C17H24O4. The van der Waals surface area contributed by atoms with Crippen LogP contribution < -0.4 is 0 Å². The highest BCUT2D eigenvalue weighted by molar-refractivity contribution is 5.94. The Morgan fingerprint density at radius 1 is 1.00 bits per heavy atom. The molecule has 4 nitrogen and oxygen atoms in total. The Hall–Kier alpha value is -1.84. The Morgan fingerprint density at radius 3 is 2.29 bits per heavy atom. The Morgan fingerprint density at radius 2 is 1.67 bits per heavy atom. The van der Waals surface area contributed by atoms with Crippen molar-refractivity contribution < 1.29 is 19.1 Å². The molecule has 21 heavy (non-hydrogen) atoms. The molecule has 0 spiro atoms. The molecule has 0 aromatic heterocycles. The van der Waals surface area contributed by atoms with Gasteiger partial charge < -0.3 is 9.47 Å². The molecule has 116 valence electrons. The Bertz CT molecular complexity index is 480. The summed E-state index contributed by atoms with van der Waals surface area (Å²) in [6, 6.07) is 5.59. The zero-order chi connectivity index (χ0) is 15.7. The van der Waals surface area contributed by atoms with E-state index >= 15 is 0 Å². The monoisotopic (exact) mass is 292 g/mol. The van der Waals surface area contributed by atoms with Crippen LogP contribution in [0.3, 0.4) is 0 Å². The third-order valence-electron chi connectivity index (χ3n) is 3.16. The molecule has 1 rings (SSSR count). The van der Waals surface area contributed by atoms with Gasteiger partial charge in [0.05, 0.1) is 25.2 Å². The van der Waals surface area contributed by atoms with Gasteiger partial charge in [0.15, 0.2) is 0 Å². The number of esters is 2. The van der Waals surface area contributed by atoms with Crippen molar-refractivity contribution in [3.63, 3.8) is 0 Å². The summed E-state index contributed by atoms with van der Waals surface area (Å²) in [6.45, 7) is 6.30. The molecule has 0 fully saturated rings. The molecule has 0 saturated heterocycles. The fourth-order valence-corrected chi connectivity index (χ4v) is 2.21. The number of unbranched alkanes of at least 4 members (excludes halogenated alkanes) is 1. The van der Waals surface area contributed by atoms with Gasteiger partial charge >= 0.3 is 11.9 Å². The summed E-state index contributed by atoms with van der Waals surface area (Å²) < 4.78 is 10.1. The molecule has 0 aliphatic rings. The maximum Gasteiger partial charge on any atom is 0.338 e. The lowest BCUT2D eigenvalue weighted by molar-refractivity contribution is -0.142. The third-order valence-corrected chi connectivity index (χ3v) is 3.16. The van der Waals surface area contributed by atoms with Crippen molar-refractivity contribution in [1.29, 1.82) is 0 Å². The van der Waals surface area contributed by atoms with Crippen molar-refractivity contribution in [1.82, 2.24) is 0 Å². The molecule has 0 heterocycles. The first-order valence-electron chi connectivity index (χ1n) is 7.57. The van der Waals surface area contributed by atoms with Gasteiger partial charge in [0, 0.05) is 0 Å². The van der Waals surface area contributed by atoms with E-state index in [4.69, 9.17) is 9.47 Å². The van der Waals surface area contributed by atoms with E-state index in [1.54, 1.807) is 19.9 Å². The van der Waals surface area contributed by atoms with Gasteiger partial charge in [-0.2, -0.15) is 0 Å². The lowest BCUT2D eigenvalue weighted by Gasteiger charge is -2.13. The second-order valence-corrected chi connectivity index (χ2v) is 4.76. The molecule has 0 saturated carbocycles. The molecule has 0 aliphatic carbocycles. The van der Waals surface area contributed by atoms with E-state index in [1.165, 1.54) is 0 Å². The Balaban J connectivity index is 3.09. The van der Waals surface area contributed by atoms with Crippen molar-refractivity contribution in [2.45, 2.75) is 46.5 Å². The molecular weight excluding hydrogens is 268 g/mol. The number of ether oxygens (including phenoxy) is 2. The number of carbonyl (C=O) groups excluding carboxylic acids is 2. The van der Waals surface area contributed by atoms with Crippen LogP contribution >= 0.6 is 0 Å². The molecule has 4 heteroatoms. The molecule has 0 atom stereocenters. The van der Waals surface area contributed by atoms with Crippen molar-refractivity contribution in [3.05, 3.63) is 34.9 Å². The Labute approximate surface area is 126 Å². The van der Waals surface area contributed by atoms with Gasteiger partial charge in [-0.25, -0.2) is 4.79 Å². The summed E-state index contributed by atoms with van der Waals surface area (Å²) in [7, 11) is 0. The summed E-state index contributed by atoms with van der Waals surface area (Å²) >= 11 is 0. The predicted molar refractivity (Wildman–Crippen MR) is 81.3 cm³/mol. The van der Waals surface area contributed by atoms with Crippen LogP contribution in [0.15, 0.2) is 18.2 Å². The van der Waals surface area contributed by atoms with Gasteiger partial charge in [-0.1, -0.05) is 31.5 Å². The highest BCUT2D eigenvalue weighted by atomic mass is 16.5. The number of benzene rings is 1. The molecule has 1 aromatic rings. The van der Waals surface area contributed by atoms with Gasteiger partial charge in [0.1, 0.15) is 0 Å². The predicted octanol–water partition coefficient (Wildman–Crippen LogP) is 3.31. The van der Waals surface area contributed by atoms with Crippen LogP contribution in [0, 0.1) is 0 Å². The number of hydrogen-bond donors (Lipinski definition) is 0. The minimum absolute atomic E-state index is 0.0992. The fourth-order valence-electron chi connectivity index (χ4n) is 2.21. The van der Waals surface area contributed by atoms with Gasteiger partial charge in [-0.05, 0) is 37.8 Å².